The molecular formula is C16H24N2O2. The van der Waals surface area contributed by atoms with Gasteiger partial charge in [-0.1, -0.05) is 18.6 Å². The fourth-order valence-corrected chi connectivity index (χ4v) is 3.00. The first kappa shape index (κ1) is 14.9. The molecule has 1 aliphatic carbocycles. The first-order valence-corrected chi connectivity index (χ1v) is 7.22. The average Bonchev–Trinajstić information content (AvgIpc) is 2.77. The summed E-state index contributed by atoms with van der Waals surface area (Å²) in [5.41, 5.74) is 13.1. The third-order valence-electron chi connectivity index (χ3n) is 4.40. The van der Waals surface area contributed by atoms with Crippen LogP contribution in [0, 0.1) is 19.8 Å². The predicted molar refractivity (Wildman–Crippen MR) is 79.5 cm³/mol. The van der Waals surface area contributed by atoms with Crippen LogP contribution in [0.15, 0.2) is 18.2 Å². The van der Waals surface area contributed by atoms with Crippen LogP contribution in [0.3, 0.4) is 0 Å². The van der Waals surface area contributed by atoms with Crippen LogP contribution in [0.25, 0.3) is 0 Å². The second kappa shape index (κ2) is 5.83. The van der Waals surface area contributed by atoms with Crippen LogP contribution in [0.4, 0.5) is 0 Å². The summed E-state index contributed by atoms with van der Waals surface area (Å²) < 4.78 is 5.84. The number of hydrogen-bond acceptors (Lipinski definition) is 3. The minimum atomic E-state index is -0.842. The van der Waals surface area contributed by atoms with Gasteiger partial charge in [-0.3, -0.25) is 4.79 Å². The summed E-state index contributed by atoms with van der Waals surface area (Å²) in [6, 6.07) is 6.15. The Morgan fingerprint density at radius 3 is 2.90 bits per heavy atom. The van der Waals surface area contributed by atoms with Crippen LogP contribution in [-0.2, 0) is 4.79 Å². The maximum atomic E-state index is 11.5. The van der Waals surface area contributed by atoms with Gasteiger partial charge in [0, 0.05) is 0 Å². The van der Waals surface area contributed by atoms with Crippen molar-refractivity contribution in [1.82, 2.24) is 0 Å². The first-order chi connectivity index (χ1) is 9.43. The Balaban J connectivity index is 1.93. The SMILES string of the molecule is Cc1ccc(C)c(OCCC2CCCC2(N)C(N)=O)c1. The number of hydrogen-bond donors (Lipinski definition) is 2. The van der Waals surface area contributed by atoms with E-state index in [0.29, 0.717) is 13.0 Å². The minimum absolute atomic E-state index is 0.130. The molecule has 4 nitrogen and oxygen atoms in total. The zero-order valence-electron chi connectivity index (χ0n) is 12.3. The summed E-state index contributed by atoms with van der Waals surface area (Å²) in [6.07, 6.45) is 3.38. The molecule has 1 amide bonds. The van der Waals surface area contributed by atoms with E-state index in [9.17, 15) is 4.79 Å². The van der Waals surface area contributed by atoms with Crippen molar-refractivity contribution < 1.29 is 9.53 Å². The zero-order valence-corrected chi connectivity index (χ0v) is 12.3. The summed E-state index contributed by atoms with van der Waals surface area (Å²) in [5, 5.41) is 0. The highest BCUT2D eigenvalue weighted by atomic mass is 16.5. The molecule has 0 bridgehead atoms. The fraction of sp³-hybridized carbons (Fsp3) is 0.562. The van der Waals surface area contributed by atoms with Crippen molar-refractivity contribution in [1.29, 1.82) is 0 Å². The maximum Gasteiger partial charge on any atom is 0.237 e. The van der Waals surface area contributed by atoms with Crippen LogP contribution >= 0.6 is 0 Å². The van der Waals surface area contributed by atoms with E-state index in [1.807, 2.05) is 19.9 Å². The number of benzene rings is 1. The number of aryl methyl sites for hydroxylation is 2. The molecule has 1 saturated carbocycles. The monoisotopic (exact) mass is 276 g/mol. The second-order valence-corrected chi connectivity index (χ2v) is 5.90. The summed E-state index contributed by atoms with van der Waals surface area (Å²) in [7, 11) is 0. The molecule has 2 unspecified atom stereocenters. The lowest BCUT2D eigenvalue weighted by atomic mass is 9.85. The molecule has 4 N–H and O–H groups in total. The van der Waals surface area contributed by atoms with Crippen molar-refractivity contribution in [2.75, 3.05) is 6.61 Å². The molecule has 0 aromatic heterocycles. The van der Waals surface area contributed by atoms with Gasteiger partial charge in [0.15, 0.2) is 0 Å². The molecule has 2 atom stereocenters. The molecule has 20 heavy (non-hydrogen) atoms. The lowest BCUT2D eigenvalue weighted by Gasteiger charge is -2.28. The first-order valence-electron chi connectivity index (χ1n) is 7.22. The molecule has 0 radical (unpaired) electrons. The molecule has 110 valence electrons. The highest BCUT2D eigenvalue weighted by Gasteiger charge is 2.43. The van der Waals surface area contributed by atoms with E-state index in [1.54, 1.807) is 0 Å². The number of carbonyl (C=O) groups is 1. The largest absolute Gasteiger partial charge is 0.493 e. The van der Waals surface area contributed by atoms with Gasteiger partial charge < -0.3 is 16.2 Å². The Kier molecular flexibility index (Phi) is 4.33. The van der Waals surface area contributed by atoms with Gasteiger partial charge in [0.2, 0.25) is 5.91 Å². The van der Waals surface area contributed by atoms with E-state index in [-0.39, 0.29) is 11.8 Å². The fourth-order valence-electron chi connectivity index (χ4n) is 3.00. The van der Waals surface area contributed by atoms with E-state index >= 15 is 0 Å². The maximum absolute atomic E-state index is 11.5. The molecule has 0 aliphatic heterocycles. The second-order valence-electron chi connectivity index (χ2n) is 5.90. The third kappa shape index (κ3) is 2.96. The van der Waals surface area contributed by atoms with Gasteiger partial charge in [0.05, 0.1) is 12.1 Å². The summed E-state index contributed by atoms with van der Waals surface area (Å²) in [4.78, 5) is 11.5. The molecule has 2 rings (SSSR count). The molecule has 0 saturated heterocycles. The Bertz CT molecular complexity index is 501. The summed E-state index contributed by atoms with van der Waals surface area (Å²) >= 11 is 0. The van der Waals surface area contributed by atoms with Crippen molar-refractivity contribution in [3.8, 4) is 5.75 Å². The van der Waals surface area contributed by atoms with E-state index in [2.05, 4.69) is 12.1 Å². The van der Waals surface area contributed by atoms with Crippen molar-refractivity contribution in [2.45, 2.75) is 45.1 Å². The van der Waals surface area contributed by atoms with Crippen LogP contribution in [-0.4, -0.2) is 18.1 Å². The Labute approximate surface area is 120 Å². The van der Waals surface area contributed by atoms with Crippen LogP contribution in [0.5, 0.6) is 5.75 Å². The van der Waals surface area contributed by atoms with Crippen LogP contribution < -0.4 is 16.2 Å². The topological polar surface area (TPSA) is 78.3 Å². The van der Waals surface area contributed by atoms with E-state index in [4.69, 9.17) is 16.2 Å². The van der Waals surface area contributed by atoms with E-state index in [1.165, 1.54) is 5.56 Å². The Morgan fingerprint density at radius 1 is 1.45 bits per heavy atom. The summed E-state index contributed by atoms with van der Waals surface area (Å²) in [6.45, 7) is 4.64. The highest BCUT2D eigenvalue weighted by Crippen LogP contribution is 2.36. The van der Waals surface area contributed by atoms with Gasteiger partial charge in [0.25, 0.3) is 0 Å². The molecule has 1 aliphatic rings. The number of rotatable bonds is 5. The normalized spacial score (nSPS) is 25.6. The zero-order chi connectivity index (χ0) is 14.8. The molecule has 4 heteroatoms. The van der Waals surface area contributed by atoms with Crippen molar-refractivity contribution in [2.24, 2.45) is 17.4 Å². The van der Waals surface area contributed by atoms with Gasteiger partial charge in [0.1, 0.15) is 5.75 Å². The highest BCUT2D eigenvalue weighted by molar-refractivity contribution is 5.85. The van der Waals surface area contributed by atoms with Gasteiger partial charge in [-0.15, -0.1) is 0 Å². The number of carbonyl (C=O) groups excluding carboxylic acids is 1. The molecule has 1 fully saturated rings. The van der Waals surface area contributed by atoms with Gasteiger partial charge in [-0.05, 0) is 56.2 Å². The molecule has 1 aromatic carbocycles. The van der Waals surface area contributed by atoms with E-state index in [0.717, 1.165) is 30.6 Å². The van der Waals surface area contributed by atoms with Crippen molar-refractivity contribution >= 4 is 5.91 Å². The van der Waals surface area contributed by atoms with Crippen LogP contribution in [0.2, 0.25) is 0 Å². The smallest absolute Gasteiger partial charge is 0.237 e. The van der Waals surface area contributed by atoms with Crippen molar-refractivity contribution in [3.05, 3.63) is 29.3 Å². The predicted octanol–water partition coefficient (Wildman–Crippen LogP) is 2.06. The van der Waals surface area contributed by atoms with Gasteiger partial charge in [-0.25, -0.2) is 0 Å². The van der Waals surface area contributed by atoms with E-state index < -0.39 is 5.54 Å². The number of nitrogens with two attached hydrogens (primary N) is 2. The quantitative estimate of drug-likeness (QED) is 0.864. The van der Waals surface area contributed by atoms with Gasteiger partial charge >= 0.3 is 0 Å². The molecule has 0 heterocycles. The number of amides is 1. The lowest BCUT2D eigenvalue weighted by molar-refractivity contribution is -0.124. The third-order valence-corrected chi connectivity index (χ3v) is 4.40. The lowest BCUT2D eigenvalue weighted by Crippen LogP contribution is -2.54. The van der Waals surface area contributed by atoms with Gasteiger partial charge in [-0.2, -0.15) is 0 Å². The van der Waals surface area contributed by atoms with Crippen molar-refractivity contribution in [3.63, 3.8) is 0 Å². The Hall–Kier alpha value is -1.55. The standard InChI is InChI=1S/C16H24N2O2/c1-11-5-6-12(2)14(10-11)20-9-7-13-4-3-8-16(13,18)15(17)19/h5-6,10,13H,3-4,7-9,18H2,1-2H3,(H2,17,19). The van der Waals surface area contributed by atoms with Crippen LogP contribution in [0.1, 0.15) is 36.8 Å². The average molecular weight is 276 g/mol. The molecular weight excluding hydrogens is 252 g/mol. The summed E-state index contributed by atoms with van der Waals surface area (Å²) in [5.74, 6) is 0.654. The Morgan fingerprint density at radius 2 is 2.20 bits per heavy atom. The number of primary amides is 1. The minimum Gasteiger partial charge on any atom is -0.493 e. The molecule has 1 aromatic rings. The molecule has 0 spiro atoms. The number of ether oxygens (including phenoxy) is 1.